The maximum Gasteiger partial charge on any atom is 0.0704 e. The predicted octanol–water partition coefficient (Wildman–Crippen LogP) is 0.971. The molecule has 14 heavy (non-hydrogen) atoms. The summed E-state index contributed by atoms with van der Waals surface area (Å²) in [6, 6.07) is 2.15. The number of nitrogens with two attached hydrogens (primary N) is 1. The summed E-state index contributed by atoms with van der Waals surface area (Å²) in [5, 5.41) is 3.35. The molecular weight excluding hydrogens is 174 g/mol. The number of pyridine rings is 1. The van der Waals surface area contributed by atoms with Gasteiger partial charge in [-0.15, -0.1) is 0 Å². The third-order valence-electron chi connectivity index (χ3n) is 2.73. The number of rotatable bonds is 2. The van der Waals surface area contributed by atoms with Gasteiger partial charge in [0.2, 0.25) is 0 Å². The SMILES string of the molecule is Cc1cncc(CC2(N)CCCN2)c1. The quantitative estimate of drug-likeness (QED) is 0.732. The first kappa shape index (κ1) is 9.62. The molecule has 0 radical (unpaired) electrons. The van der Waals surface area contributed by atoms with Gasteiger partial charge in [0.25, 0.3) is 0 Å². The van der Waals surface area contributed by atoms with Crippen LogP contribution in [0.3, 0.4) is 0 Å². The second kappa shape index (κ2) is 3.67. The van der Waals surface area contributed by atoms with Gasteiger partial charge in [0.15, 0.2) is 0 Å². The number of nitrogens with zero attached hydrogens (tertiary/aromatic N) is 1. The van der Waals surface area contributed by atoms with Crippen molar-refractivity contribution in [2.24, 2.45) is 5.73 Å². The zero-order chi connectivity index (χ0) is 10.0. The van der Waals surface area contributed by atoms with Crippen LogP contribution in [-0.2, 0) is 6.42 Å². The van der Waals surface area contributed by atoms with E-state index >= 15 is 0 Å². The van der Waals surface area contributed by atoms with E-state index in [9.17, 15) is 0 Å². The predicted molar refractivity (Wildman–Crippen MR) is 56.8 cm³/mol. The van der Waals surface area contributed by atoms with Crippen molar-refractivity contribution in [2.75, 3.05) is 6.54 Å². The third kappa shape index (κ3) is 2.11. The lowest BCUT2D eigenvalue weighted by Gasteiger charge is -2.24. The highest BCUT2D eigenvalue weighted by atomic mass is 15.1. The first-order chi connectivity index (χ1) is 6.68. The highest BCUT2D eigenvalue weighted by Gasteiger charge is 2.28. The monoisotopic (exact) mass is 191 g/mol. The molecule has 0 bridgehead atoms. The van der Waals surface area contributed by atoms with E-state index < -0.39 is 0 Å². The number of hydrogen-bond donors (Lipinski definition) is 2. The van der Waals surface area contributed by atoms with Gasteiger partial charge < -0.3 is 5.73 Å². The molecule has 1 aliphatic rings. The fraction of sp³-hybridized carbons (Fsp3) is 0.545. The van der Waals surface area contributed by atoms with Crippen LogP contribution in [0.5, 0.6) is 0 Å². The zero-order valence-corrected chi connectivity index (χ0v) is 8.59. The van der Waals surface area contributed by atoms with Crippen molar-refractivity contribution in [3.63, 3.8) is 0 Å². The van der Waals surface area contributed by atoms with Gasteiger partial charge >= 0.3 is 0 Å². The standard InChI is InChI=1S/C11H17N3/c1-9-5-10(8-13-7-9)6-11(12)3-2-4-14-11/h5,7-8,14H,2-4,6,12H2,1H3. The summed E-state index contributed by atoms with van der Waals surface area (Å²) < 4.78 is 0. The minimum Gasteiger partial charge on any atom is -0.313 e. The number of aryl methyl sites for hydroxylation is 1. The van der Waals surface area contributed by atoms with E-state index in [4.69, 9.17) is 5.73 Å². The van der Waals surface area contributed by atoms with Crippen LogP contribution >= 0.6 is 0 Å². The molecule has 0 aromatic carbocycles. The number of aromatic nitrogens is 1. The van der Waals surface area contributed by atoms with E-state index in [0.717, 1.165) is 19.4 Å². The summed E-state index contributed by atoms with van der Waals surface area (Å²) in [6.07, 6.45) is 6.88. The first-order valence-electron chi connectivity index (χ1n) is 5.12. The van der Waals surface area contributed by atoms with Gasteiger partial charge in [0.05, 0.1) is 5.66 Å². The van der Waals surface area contributed by atoms with Gasteiger partial charge in [-0.25, -0.2) is 0 Å². The lowest BCUT2D eigenvalue weighted by molar-refractivity contribution is 0.388. The molecule has 2 rings (SSSR count). The Bertz CT molecular complexity index is 316. The van der Waals surface area contributed by atoms with Crippen molar-refractivity contribution < 1.29 is 0 Å². The Balaban J connectivity index is 2.10. The Morgan fingerprint density at radius 3 is 3.07 bits per heavy atom. The van der Waals surface area contributed by atoms with Crippen LogP contribution in [0.2, 0.25) is 0 Å². The Hall–Kier alpha value is -0.930. The van der Waals surface area contributed by atoms with E-state index in [-0.39, 0.29) is 5.66 Å². The van der Waals surface area contributed by atoms with E-state index in [1.807, 2.05) is 12.4 Å². The Morgan fingerprint density at radius 2 is 2.43 bits per heavy atom. The molecule has 1 unspecified atom stereocenters. The molecule has 0 saturated carbocycles. The molecule has 1 aliphatic heterocycles. The second-order valence-corrected chi connectivity index (χ2v) is 4.23. The topological polar surface area (TPSA) is 50.9 Å². The second-order valence-electron chi connectivity index (χ2n) is 4.23. The van der Waals surface area contributed by atoms with Gasteiger partial charge in [-0.1, -0.05) is 6.07 Å². The summed E-state index contributed by atoms with van der Waals surface area (Å²) in [4.78, 5) is 4.17. The molecule has 1 fully saturated rings. The molecule has 3 nitrogen and oxygen atoms in total. The van der Waals surface area contributed by atoms with Gasteiger partial charge in [0, 0.05) is 18.8 Å². The van der Waals surface area contributed by atoms with E-state index in [1.165, 1.54) is 17.5 Å². The number of hydrogen-bond acceptors (Lipinski definition) is 3. The van der Waals surface area contributed by atoms with Crippen molar-refractivity contribution >= 4 is 0 Å². The first-order valence-corrected chi connectivity index (χ1v) is 5.12. The van der Waals surface area contributed by atoms with Crippen molar-refractivity contribution in [3.05, 3.63) is 29.6 Å². The molecule has 1 atom stereocenters. The van der Waals surface area contributed by atoms with Crippen LogP contribution in [0.4, 0.5) is 0 Å². The fourth-order valence-corrected chi connectivity index (χ4v) is 2.06. The average Bonchev–Trinajstić information content (AvgIpc) is 2.51. The van der Waals surface area contributed by atoms with Crippen molar-refractivity contribution in [2.45, 2.75) is 31.8 Å². The zero-order valence-electron chi connectivity index (χ0n) is 8.59. The van der Waals surface area contributed by atoms with Gasteiger partial charge in [-0.05, 0) is 37.4 Å². The van der Waals surface area contributed by atoms with Crippen LogP contribution in [0.15, 0.2) is 18.5 Å². The molecule has 76 valence electrons. The lowest BCUT2D eigenvalue weighted by atomic mass is 9.99. The number of nitrogens with one attached hydrogen (secondary N) is 1. The van der Waals surface area contributed by atoms with Crippen LogP contribution < -0.4 is 11.1 Å². The summed E-state index contributed by atoms with van der Waals surface area (Å²) in [7, 11) is 0. The summed E-state index contributed by atoms with van der Waals surface area (Å²) in [6.45, 7) is 3.09. The van der Waals surface area contributed by atoms with Gasteiger partial charge in [-0.3, -0.25) is 10.3 Å². The largest absolute Gasteiger partial charge is 0.313 e. The molecule has 1 aromatic heterocycles. The van der Waals surface area contributed by atoms with Crippen LogP contribution in [0.25, 0.3) is 0 Å². The molecule has 0 amide bonds. The Kier molecular flexibility index (Phi) is 2.52. The average molecular weight is 191 g/mol. The molecule has 1 aromatic rings. The van der Waals surface area contributed by atoms with Crippen molar-refractivity contribution in [1.29, 1.82) is 0 Å². The smallest absolute Gasteiger partial charge is 0.0704 e. The molecule has 2 heterocycles. The molecule has 0 aliphatic carbocycles. The van der Waals surface area contributed by atoms with E-state index in [1.54, 1.807) is 0 Å². The molecule has 0 spiro atoms. The van der Waals surface area contributed by atoms with E-state index in [0.29, 0.717) is 0 Å². The maximum atomic E-state index is 6.20. The van der Waals surface area contributed by atoms with E-state index in [2.05, 4.69) is 23.3 Å². The minimum absolute atomic E-state index is 0.199. The Labute approximate surface area is 84.7 Å². The molecule has 3 heteroatoms. The van der Waals surface area contributed by atoms with Gasteiger partial charge in [0.1, 0.15) is 0 Å². The fourth-order valence-electron chi connectivity index (χ4n) is 2.06. The summed E-state index contributed by atoms with van der Waals surface area (Å²) in [5.41, 5.74) is 8.43. The van der Waals surface area contributed by atoms with Crippen LogP contribution in [0.1, 0.15) is 24.0 Å². The molecule has 1 saturated heterocycles. The lowest BCUT2D eigenvalue weighted by Crippen LogP contribution is -2.50. The normalized spacial score (nSPS) is 26.7. The molecular formula is C11H17N3. The maximum absolute atomic E-state index is 6.20. The third-order valence-corrected chi connectivity index (χ3v) is 2.73. The minimum atomic E-state index is -0.199. The van der Waals surface area contributed by atoms with Crippen LogP contribution in [0, 0.1) is 6.92 Å². The van der Waals surface area contributed by atoms with Crippen molar-refractivity contribution in [1.82, 2.24) is 10.3 Å². The van der Waals surface area contributed by atoms with Crippen molar-refractivity contribution in [3.8, 4) is 0 Å². The summed E-state index contributed by atoms with van der Waals surface area (Å²) >= 11 is 0. The van der Waals surface area contributed by atoms with Crippen LogP contribution in [-0.4, -0.2) is 17.2 Å². The highest BCUT2D eigenvalue weighted by Crippen LogP contribution is 2.18. The molecule has 3 N–H and O–H groups in total. The van der Waals surface area contributed by atoms with Gasteiger partial charge in [-0.2, -0.15) is 0 Å². The highest BCUT2D eigenvalue weighted by molar-refractivity contribution is 5.19. The Morgan fingerprint density at radius 1 is 1.57 bits per heavy atom. The summed E-state index contributed by atoms with van der Waals surface area (Å²) in [5.74, 6) is 0.